The van der Waals surface area contributed by atoms with E-state index in [0.29, 0.717) is 31.8 Å². The largest absolute Gasteiger partial charge is 0.390 e. The lowest BCUT2D eigenvalue weighted by atomic mass is 9.94. The number of nitrogens with zero attached hydrogens (tertiary/aromatic N) is 1. The number of hydrogen-bond donors (Lipinski definition) is 4. The molecule has 0 saturated carbocycles. The van der Waals surface area contributed by atoms with Crippen molar-refractivity contribution in [2.75, 3.05) is 32.7 Å². The Morgan fingerprint density at radius 1 is 1.00 bits per heavy atom. The van der Waals surface area contributed by atoms with Crippen LogP contribution in [0.4, 0.5) is 0 Å². The maximum absolute atomic E-state index is 13.4. The fraction of sp³-hybridized carbons (Fsp3) is 0.581. The monoisotopic (exact) mass is 538 g/mol. The molecule has 1 aliphatic rings. The summed E-state index contributed by atoms with van der Waals surface area (Å²) in [6, 6.07) is 12.7. The molecule has 2 aromatic carbocycles. The van der Waals surface area contributed by atoms with Crippen molar-refractivity contribution in [3.8, 4) is 0 Å². The highest BCUT2D eigenvalue weighted by Crippen LogP contribution is 2.26. The Morgan fingerprint density at radius 3 is 2.38 bits per heavy atom. The molecule has 39 heavy (non-hydrogen) atoms. The number of rotatable bonds is 13. The fourth-order valence-corrected chi connectivity index (χ4v) is 4.92. The summed E-state index contributed by atoms with van der Waals surface area (Å²) < 4.78 is 0. The van der Waals surface area contributed by atoms with Crippen molar-refractivity contribution in [2.24, 2.45) is 11.3 Å². The number of likely N-dealkylation sites (tertiary alicyclic amines) is 1. The maximum Gasteiger partial charge on any atom is 0.243 e. The van der Waals surface area contributed by atoms with Gasteiger partial charge in [-0.1, -0.05) is 77.1 Å². The van der Waals surface area contributed by atoms with Crippen LogP contribution < -0.4 is 16.0 Å². The molecule has 2 amide bonds. The Balaban J connectivity index is 1.69. The van der Waals surface area contributed by atoms with Gasteiger partial charge in [-0.15, -0.1) is 0 Å². The highest BCUT2D eigenvalue weighted by atomic mass is 16.3. The third kappa shape index (κ3) is 9.12. The summed E-state index contributed by atoms with van der Waals surface area (Å²) in [6.07, 6.45) is 1.06. The van der Waals surface area contributed by atoms with Crippen molar-refractivity contribution >= 4 is 28.4 Å². The number of hydrogen-bond acceptors (Lipinski definition) is 6. The molecule has 3 atom stereocenters. The number of amides is 2. The highest BCUT2D eigenvalue weighted by Gasteiger charge is 2.39. The van der Waals surface area contributed by atoms with Crippen LogP contribution in [0.5, 0.6) is 0 Å². The highest BCUT2D eigenvalue weighted by molar-refractivity contribution is 5.95. The number of benzene rings is 2. The second-order valence-electron chi connectivity index (χ2n) is 12.2. The lowest BCUT2D eigenvalue weighted by Gasteiger charge is -2.31. The molecule has 214 valence electrons. The molecule has 2 aromatic rings. The van der Waals surface area contributed by atoms with Gasteiger partial charge in [0.05, 0.1) is 18.7 Å². The Morgan fingerprint density at radius 2 is 1.69 bits per heavy atom. The molecule has 3 rings (SSSR count). The number of ketones is 1. The molecule has 1 aliphatic heterocycles. The first-order chi connectivity index (χ1) is 18.5. The lowest BCUT2D eigenvalue weighted by molar-refractivity contribution is -0.145. The van der Waals surface area contributed by atoms with Gasteiger partial charge in [0.1, 0.15) is 6.04 Å². The van der Waals surface area contributed by atoms with Crippen LogP contribution in [0.3, 0.4) is 0 Å². The minimum absolute atomic E-state index is 0.0229. The first-order valence-electron chi connectivity index (χ1n) is 14.2. The van der Waals surface area contributed by atoms with Crippen molar-refractivity contribution in [3.63, 3.8) is 0 Å². The van der Waals surface area contributed by atoms with Gasteiger partial charge in [-0.2, -0.15) is 0 Å². The molecule has 8 nitrogen and oxygen atoms in total. The van der Waals surface area contributed by atoms with Crippen LogP contribution in [0.25, 0.3) is 10.8 Å². The summed E-state index contributed by atoms with van der Waals surface area (Å²) in [4.78, 5) is 41.4. The zero-order chi connectivity index (χ0) is 28.6. The molecule has 1 fully saturated rings. The van der Waals surface area contributed by atoms with Gasteiger partial charge in [0.2, 0.25) is 11.8 Å². The number of fused-ring (bicyclic) bond motifs is 1. The zero-order valence-electron chi connectivity index (χ0n) is 24.1. The molecule has 4 N–H and O–H groups in total. The molecule has 1 saturated heterocycles. The van der Waals surface area contributed by atoms with E-state index in [4.69, 9.17) is 0 Å². The first kappa shape index (κ1) is 30.7. The topological polar surface area (TPSA) is 111 Å². The SMILES string of the molecule is CC(C)CNC[C@@H](O)CNCC(=O)[C@@H](Cc1ccc2ccccc2c1)NC(=O)C1CCCN1C(=O)C(C)(C)C. The molecular formula is C31H46N4O4. The normalized spacial score (nSPS) is 17.4. The molecule has 0 aromatic heterocycles. The second-order valence-corrected chi connectivity index (χ2v) is 12.2. The molecule has 8 heteroatoms. The lowest BCUT2D eigenvalue weighted by Crippen LogP contribution is -2.54. The van der Waals surface area contributed by atoms with E-state index in [1.165, 1.54) is 0 Å². The minimum Gasteiger partial charge on any atom is -0.390 e. The van der Waals surface area contributed by atoms with Crippen molar-refractivity contribution in [3.05, 3.63) is 48.0 Å². The summed E-state index contributed by atoms with van der Waals surface area (Å²) in [5.41, 5.74) is 0.358. The zero-order valence-corrected chi connectivity index (χ0v) is 24.1. The van der Waals surface area contributed by atoms with E-state index in [1.807, 2.05) is 63.2 Å². The van der Waals surface area contributed by atoms with Crippen molar-refractivity contribution < 1.29 is 19.5 Å². The van der Waals surface area contributed by atoms with E-state index in [9.17, 15) is 19.5 Å². The molecule has 0 spiro atoms. The number of aliphatic hydroxyl groups excluding tert-OH is 1. The van der Waals surface area contributed by atoms with Crippen LogP contribution in [-0.4, -0.2) is 78.5 Å². The summed E-state index contributed by atoms with van der Waals surface area (Å²) in [5, 5.41) is 21.7. The predicted octanol–water partition coefficient (Wildman–Crippen LogP) is 2.67. The smallest absolute Gasteiger partial charge is 0.243 e. The van der Waals surface area contributed by atoms with E-state index < -0.39 is 23.6 Å². The summed E-state index contributed by atoms with van der Waals surface area (Å²) in [6.45, 7) is 11.9. The summed E-state index contributed by atoms with van der Waals surface area (Å²) >= 11 is 0. The van der Waals surface area contributed by atoms with Gasteiger partial charge in [0.25, 0.3) is 0 Å². The molecule has 1 unspecified atom stereocenters. The van der Waals surface area contributed by atoms with E-state index in [1.54, 1.807) is 4.90 Å². The van der Waals surface area contributed by atoms with Crippen LogP contribution in [0.2, 0.25) is 0 Å². The van der Waals surface area contributed by atoms with Crippen LogP contribution in [0.1, 0.15) is 53.0 Å². The van der Waals surface area contributed by atoms with Gasteiger partial charge in [0, 0.05) is 25.0 Å². The van der Waals surface area contributed by atoms with Crippen LogP contribution in [0.15, 0.2) is 42.5 Å². The van der Waals surface area contributed by atoms with Crippen LogP contribution >= 0.6 is 0 Å². The van der Waals surface area contributed by atoms with Gasteiger partial charge < -0.3 is 26.0 Å². The summed E-state index contributed by atoms with van der Waals surface area (Å²) in [7, 11) is 0. The quantitative estimate of drug-likeness (QED) is 0.312. The van der Waals surface area contributed by atoms with E-state index in [0.717, 1.165) is 29.3 Å². The number of nitrogens with one attached hydrogen (secondary N) is 3. The van der Waals surface area contributed by atoms with Crippen molar-refractivity contribution in [2.45, 2.75) is 72.1 Å². The van der Waals surface area contributed by atoms with Crippen LogP contribution in [0, 0.1) is 11.3 Å². The number of Topliss-reactive ketones (excluding diaryl/α,β-unsaturated/α-hetero) is 1. The Bertz CT molecular complexity index is 1130. The molecule has 1 heterocycles. The number of carbonyl (C=O) groups excluding carboxylic acids is 3. The third-order valence-corrected chi connectivity index (χ3v) is 7.03. The maximum atomic E-state index is 13.4. The average Bonchev–Trinajstić information content (AvgIpc) is 3.37. The van der Waals surface area contributed by atoms with Crippen LogP contribution in [-0.2, 0) is 20.8 Å². The third-order valence-electron chi connectivity index (χ3n) is 7.03. The van der Waals surface area contributed by atoms with Gasteiger partial charge in [-0.25, -0.2) is 0 Å². The first-order valence-corrected chi connectivity index (χ1v) is 14.2. The van der Waals surface area contributed by atoms with Gasteiger partial charge in [0.15, 0.2) is 5.78 Å². The van der Waals surface area contributed by atoms with Gasteiger partial charge in [-0.3, -0.25) is 14.4 Å². The Hall–Kier alpha value is -2.81. The Kier molecular flexibility index (Phi) is 11.0. The van der Waals surface area contributed by atoms with Gasteiger partial charge in [-0.05, 0) is 48.1 Å². The predicted molar refractivity (Wildman–Crippen MR) is 155 cm³/mol. The molecular weight excluding hydrogens is 492 g/mol. The number of aliphatic hydroxyl groups is 1. The second kappa shape index (κ2) is 14.0. The average molecular weight is 539 g/mol. The van der Waals surface area contributed by atoms with Crippen molar-refractivity contribution in [1.29, 1.82) is 0 Å². The minimum atomic E-state index is -0.755. The Labute approximate surface area is 232 Å². The van der Waals surface area contributed by atoms with E-state index in [-0.39, 0.29) is 30.7 Å². The van der Waals surface area contributed by atoms with Gasteiger partial charge >= 0.3 is 0 Å². The van der Waals surface area contributed by atoms with E-state index >= 15 is 0 Å². The molecule has 0 bridgehead atoms. The molecule has 0 aliphatic carbocycles. The number of carbonyl (C=O) groups is 3. The fourth-order valence-electron chi connectivity index (χ4n) is 4.92. The standard InChI is InChI=1S/C31H46N4O4/c1-21(2)17-32-18-25(36)19-33-20-28(37)26(16-22-12-13-23-9-6-7-10-24(23)15-22)34-29(38)27-11-8-14-35(27)30(39)31(3,4)5/h6-7,9-10,12-13,15,21,25-27,32-33,36H,8,11,14,16-20H2,1-5H3,(H,34,38)/t25-,26-,27?/m1/s1. The molecule has 0 radical (unpaired) electrons. The summed E-state index contributed by atoms with van der Waals surface area (Å²) in [5.74, 6) is -0.0207. The van der Waals surface area contributed by atoms with E-state index in [2.05, 4.69) is 29.8 Å². The van der Waals surface area contributed by atoms with Crippen molar-refractivity contribution in [1.82, 2.24) is 20.9 Å².